The normalized spacial score (nSPS) is 17.0. The van der Waals surface area contributed by atoms with Gasteiger partial charge in [0.25, 0.3) is 0 Å². The maximum Gasteiger partial charge on any atom is 0.0104 e. The third-order valence-electron chi connectivity index (χ3n) is 3.42. The van der Waals surface area contributed by atoms with E-state index < -0.39 is 0 Å². The summed E-state index contributed by atoms with van der Waals surface area (Å²) in [6, 6.07) is 0. The van der Waals surface area contributed by atoms with E-state index in [2.05, 4.69) is 24.2 Å². The van der Waals surface area contributed by atoms with Crippen LogP contribution in [-0.2, 0) is 0 Å². The molecule has 90 valence electrons. The second-order valence-corrected chi connectivity index (χ2v) is 5.02. The van der Waals surface area contributed by atoms with Gasteiger partial charge in [-0.05, 0) is 38.8 Å². The Balaban J connectivity index is 1.81. The van der Waals surface area contributed by atoms with E-state index in [1.165, 1.54) is 58.2 Å². The van der Waals surface area contributed by atoms with Gasteiger partial charge in [-0.2, -0.15) is 0 Å². The van der Waals surface area contributed by atoms with E-state index in [1.807, 2.05) is 0 Å². The Morgan fingerprint density at radius 1 is 1.20 bits per heavy atom. The number of unbranched alkanes of at least 4 members (excludes halogenated alkanes) is 2. The Bertz CT molecular complexity index is 143. The first-order valence-electron chi connectivity index (χ1n) is 6.72. The van der Waals surface area contributed by atoms with Crippen LogP contribution in [0, 0.1) is 5.92 Å². The highest BCUT2D eigenvalue weighted by Crippen LogP contribution is 2.26. The highest BCUT2D eigenvalue weighted by molar-refractivity contribution is 4.72. The van der Waals surface area contributed by atoms with Crippen molar-refractivity contribution in [3.05, 3.63) is 0 Å². The van der Waals surface area contributed by atoms with Gasteiger partial charge in [0.05, 0.1) is 0 Å². The molecule has 0 aliphatic heterocycles. The summed E-state index contributed by atoms with van der Waals surface area (Å²) in [5, 5.41) is 3.52. The number of hydrogen-bond acceptors (Lipinski definition) is 2. The zero-order valence-corrected chi connectivity index (χ0v) is 10.6. The topological polar surface area (TPSA) is 15.3 Å². The van der Waals surface area contributed by atoms with E-state index in [0.29, 0.717) is 0 Å². The van der Waals surface area contributed by atoms with Crippen molar-refractivity contribution in [3.8, 4) is 0 Å². The molecule has 0 heterocycles. The largest absolute Gasteiger partial charge is 0.315 e. The van der Waals surface area contributed by atoms with Crippen LogP contribution in [-0.4, -0.2) is 38.1 Å². The molecule has 2 heteroatoms. The van der Waals surface area contributed by atoms with Gasteiger partial charge in [-0.15, -0.1) is 0 Å². The third-order valence-corrected chi connectivity index (χ3v) is 3.42. The zero-order chi connectivity index (χ0) is 10.9. The molecular weight excluding hydrogens is 184 g/mol. The smallest absolute Gasteiger partial charge is 0.0104 e. The summed E-state index contributed by atoms with van der Waals surface area (Å²) in [6.07, 6.45) is 8.42. The minimum Gasteiger partial charge on any atom is -0.315 e. The third kappa shape index (κ3) is 6.16. The van der Waals surface area contributed by atoms with Crippen LogP contribution in [0.25, 0.3) is 0 Å². The first-order valence-corrected chi connectivity index (χ1v) is 6.72. The second kappa shape index (κ2) is 8.12. The molecule has 1 N–H and O–H groups in total. The fraction of sp³-hybridized carbons (Fsp3) is 1.00. The van der Waals surface area contributed by atoms with Crippen LogP contribution in [0.1, 0.15) is 45.4 Å². The number of hydrogen-bond donors (Lipinski definition) is 1. The molecule has 0 atom stereocenters. The van der Waals surface area contributed by atoms with Crippen LogP contribution < -0.4 is 5.32 Å². The minimum absolute atomic E-state index is 1.01. The maximum absolute atomic E-state index is 3.52. The van der Waals surface area contributed by atoms with Crippen LogP contribution in [0.4, 0.5) is 0 Å². The van der Waals surface area contributed by atoms with Crippen molar-refractivity contribution < 1.29 is 0 Å². The molecule has 0 unspecified atom stereocenters. The summed E-state index contributed by atoms with van der Waals surface area (Å²) >= 11 is 0. The molecule has 0 bridgehead atoms. The summed E-state index contributed by atoms with van der Waals surface area (Å²) < 4.78 is 0. The molecule has 0 spiro atoms. The highest BCUT2D eigenvalue weighted by Gasteiger charge is 2.18. The molecule has 15 heavy (non-hydrogen) atoms. The number of rotatable bonds is 9. The lowest BCUT2D eigenvalue weighted by atomic mass is 9.85. The molecule has 0 saturated heterocycles. The molecule has 1 fully saturated rings. The van der Waals surface area contributed by atoms with Crippen molar-refractivity contribution in [2.75, 3.05) is 33.2 Å². The molecule has 0 aromatic rings. The van der Waals surface area contributed by atoms with Crippen LogP contribution in [0.3, 0.4) is 0 Å². The summed E-state index contributed by atoms with van der Waals surface area (Å²) in [6.45, 7) is 7.14. The Kier molecular flexibility index (Phi) is 7.03. The summed E-state index contributed by atoms with van der Waals surface area (Å²) in [5.74, 6) is 1.01. The summed E-state index contributed by atoms with van der Waals surface area (Å²) in [4.78, 5) is 2.48. The quantitative estimate of drug-likeness (QED) is 0.591. The Labute approximate surface area is 95.4 Å². The second-order valence-electron chi connectivity index (χ2n) is 5.02. The molecule has 0 aromatic carbocycles. The fourth-order valence-corrected chi connectivity index (χ4v) is 2.10. The predicted octanol–water partition coefficient (Wildman–Crippen LogP) is 2.50. The van der Waals surface area contributed by atoms with Crippen LogP contribution in [0.2, 0.25) is 0 Å². The van der Waals surface area contributed by atoms with E-state index in [0.717, 1.165) is 12.5 Å². The van der Waals surface area contributed by atoms with Crippen LogP contribution in [0.15, 0.2) is 0 Å². The van der Waals surface area contributed by atoms with Gasteiger partial charge >= 0.3 is 0 Å². The van der Waals surface area contributed by atoms with Gasteiger partial charge in [0, 0.05) is 19.6 Å². The molecule has 0 aromatic heterocycles. The lowest BCUT2D eigenvalue weighted by molar-refractivity contribution is 0.206. The van der Waals surface area contributed by atoms with E-state index in [-0.39, 0.29) is 0 Å². The summed E-state index contributed by atoms with van der Waals surface area (Å²) in [7, 11) is 2.26. The average molecular weight is 212 g/mol. The van der Waals surface area contributed by atoms with Gasteiger partial charge in [0.15, 0.2) is 0 Å². The Morgan fingerprint density at radius 3 is 2.60 bits per heavy atom. The molecular formula is C13H28N2. The highest BCUT2D eigenvalue weighted by atomic mass is 15.1. The average Bonchev–Trinajstić information content (AvgIpc) is 2.17. The lowest BCUT2D eigenvalue weighted by Crippen LogP contribution is -2.34. The van der Waals surface area contributed by atoms with Gasteiger partial charge in [-0.1, -0.05) is 26.2 Å². The molecule has 0 amide bonds. The number of nitrogens with zero attached hydrogens (tertiary/aromatic N) is 1. The van der Waals surface area contributed by atoms with Crippen molar-refractivity contribution in [1.29, 1.82) is 0 Å². The zero-order valence-electron chi connectivity index (χ0n) is 10.6. The Morgan fingerprint density at radius 2 is 2.00 bits per heavy atom. The van der Waals surface area contributed by atoms with Gasteiger partial charge < -0.3 is 10.2 Å². The van der Waals surface area contributed by atoms with Crippen molar-refractivity contribution >= 4 is 0 Å². The van der Waals surface area contributed by atoms with E-state index in [4.69, 9.17) is 0 Å². The standard InChI is InChI=1S/C13H28N2/c1-3-4-5-9-14-10-11-15(2)12-13-7-6-8-13/h13-14H,3-12H2,1-2H3. The van der Waals surface area contributed by atoms with Crippen molar-refractivity contribution in [2.45, 2.75) is 45.4 Å². The molecule has 1 aliphatic rings. The number of nitrogens with one attached hydrogen (secondary N) is 1. The van der Waals surface area contributed by atoms with Crippen molar-refractivity contribution in [3.63, 3.8) is 0 Å². The first-order chi connectivity index (χ1) is 7.33. The first kappa shape index (κ1) is 13.0. The molecule has 1 rings (SSSR count). The molecule has 2 nitrogen and oxygen atoms in total. The summed E-state index contributed by atoms with van der Waals surface area (Å²) in [5.41, 5.74) is 0. The SMILES string of the molecule is CCCCCNCCN(C)CC1CCC1. The van der Waals surface area contributed by atoms with Gasteiger partial charge in [-0.3, -0.25) is 0 Å². The monoisotopic (exact) mass is 212 g/mol. The van der Waals surface area contributed by atoms with Gasteiger partial charge in [-0.25, -0.2) is 0 Å². The molecule has 1 aliphatic carbocycles. The minimum atomic E-state index is 1.01. The van der Waals surface area contributed by atoms with Gasteiger partial charge in [0.1, 0.15) is 0 Å². The van der Waals surface area contributed by atoms with E-state index in [1.54, 1.807) is 0 Å². The van der Waals surface area contributed by atoms with Crippen molar-refractivity contribution in [1.82, 2.24) is 10.2 Å². The molecule has 1 saturated carbocycles. The number of likely N-dealkylation sites (N-methyl/N-ethyl adjacent to an activating group) is 1. The van der Waals surface area contributed by atoms with Crippen LogP contribution >= 0.6 is 0 Å². The van der Waals surface area contributed by atoms with Gasteiger partial charge in [0.2, 0.25) is 0 Å². The van der Waals surface area contributed by atoms with E-state index in [9.17, 15) is 0 Å². The lowest BCUT2D eigenvalue weighted by Gasteiger charge is -2.30. The van der Waals surface area contributed by atoms with Crippen LogP contribution in [0.5, 0.6) is 0 Å². The fourth-order valence-electron chi connectivity index (χ4n) is 2.10. The van der Waals surface area contributed by atoms with E-state index >= 15 is 0 Å². The predicted molar refractivity (Wildman–Crippen MR) is 67.2 cm³/mol. The van der Waals surface area contributed by atoms with Crippen molar-refractivity contribution in [2.24, 2.45) is 5.92 Å². The Hall–Kier alpha value is -0.0800. The maximum atomic E-state index is 3.52. The molecule has 0 radical (unpaired) electrons.